The number of nitrogen functional groups attached to an aromatic ring is 1. The molecule has 19 nitrogen and oxygen atoms in total. The highest BCUT2D eigenvalue weighted by Crippen LogP contribution is 2.26. The van der Waals surface area contributed by atoms with Crippen molar-refractivity contribution in [1.82, 2.24) is 44.9 Å². The van der Waals surface area contributed by atoms with Crippen molar-refractivity contribution < 1.29 is 53.9 Å². The Bertz CT molecular complexity index is 3370. The number of carbonyl (C=O) groups excluding carboxylic acids is 3. The SMILES string of the molecule is CN(CC(=O)N1CCN(c2ccc(F)cc2F)CC1)c1cc2nc(-c3ccco3)nn2c(N)n1.CNCC(=O)N1CCN(c2ccc(F)cc2F)CC1.Fc1ccc(N2CCNCC2)c(F)c1.O=C(CCl)N1CCN(c2ccc(F)cc2F)CC1. The molecule has 28 heteroatoms. The van der Waals surface area contributed by atoms with Crippen LogP contribution < -0.4 is 40.9 Å². The third-order valence-corrected chi connectivity index (χ3v) is 14.5. The first-order valence-corrected chi connectivity index (χ1v) is 27.8. The molecule has 4 N–H and O–H groups in total. The van der Waals surface area contributed by atoms with E-state index in [4.69, 9.17) is 21.8 Å². The number of nitrogens with zero attached hydrogens (tertiary/aromatic N) is 12. The fourth-order valence-electron chi connectivity index (χ4n) is 9.78. The molecule has 0 saturated carbocycles. The lowest BCUT2D eigenvalue weighted by Crippen LogP contribution is -2.51. The minimum Gasteiger partial charge on any atom is -0.461 e. The number of likely N-dealkylation sites (N-methyl/N-ethyl adjacent to an activating group) is 2. The smallest absolute Gasteiger partial charge is 0.242 e. The van der Waals surface area contributed by atoms with Crippen molar-refractivity contribution in [3.05, 3.63) is 144 Å². The molecule has 0 aliphatic carbocycles. The van der Waals surface area contributed by atoms with Crippen LogP contribution in [0.2, 0.25) is 0 Å². The molecule has 3 aromatic heterocycles. The molecule has 4 aliphatic heterocycles. The maximum absolute atomic E-state index is 14.1. The molecule has 4 aromatic carbocycles. The Morgan fingerprint density at radius 2 is 0.988 bits per heavy atom. The normalized spacial score (nSPS) is 15.4. The number of furan rings is 1. The molecule has 11 rings (SSSR count). The zero-order valence-corrected chi connectivity index (χ0v) is 47.4. The quantitative estimate of drug-likeness (QED) is 0.0999. The van der Waals surface area contributed by atoms with E-state index in [1.54, 1.807) is 61.7 Å². The minimum atomic E-state index is -0.617. The number of aromatic nitrogens is 4. The van der Waals surface area contributed by atoms with Crippen LogP contribution in [0.4, 0.5) is 69.6 Å². The molecule has 0 atom stereocenters. The van der Waals surface area contributed by atoms with Gasteiger partial charge in [-0.2, -0.15) is 9.50 Å². The van der Waals surface area contributed by atoms with Gasteiger partial charge in [0.1, 0.15) is 58.2 Å². The Balaban J connectivity index is 0.000000158. The molecule has 7 heterocycles. The van der Waals surface area contributed by atoms with Crippen LogP contribution >= 0.6 is 11.6 Å². The standard InChI is InChI=1S/C22H22F2N8O2.C13H17F2N3O.C12H13ClF2N2O.C10H12F2N2/c1-29(18-12-19-26-21(17-3-2-10-34-17)28-32(19)22(25)27-18)13-20(33)31-8-6-30(7-9-31)16-5-4-14(23)11-15(16)24;1-16-9-13(19)18-6-4-17(5-7-18)12-3-2-10(14)8-11(12)15;13-8-12(18)17-5-3-16(4-6-17)11-2-1-9(14)7-10(11)15;11-8-1-2-10(9(12)7-8)14-5-3-13-4-6-14/h2-5,10-12H,6-9,13H2,1H3,(H2,25,27);2-3,8,16H,4-7,9H2,1H3;1-2,7H,3-6,8H2;1-2,7,13H,3-6H2. The van der Waals surface area contributed by atoms with Gasteiger partial charge in [0.15, 0.2) is 11.4 Å². The van der Waals surface area contributed by atoms with Gasteiger partial charge in [0.25, 0.3) is 0 Å². The molecule has 4 aliphatic rings. The number of benzene rings is 4. The van der Waals surface area contributed by atoms with Crippen LogP contribution in [0.15, 0.2) is 102 Å². The molecule has 3 amide bonds. The van der Waals surface area contributed by atoms with Crippen LogP contribution in [0.5, 0.6) is 0 Å². The minimum absolute atomic E-state index is 0.0368. The van der Waals surface area contributed by atoms with Gasteiger partial charge in [-0.25, -0.2) is 40.1 Å². The number of nitrogens with two attached hydrogens (primary N) is 1. The second-order valence-corrected chi connectivity index (χ2v) is 20.2. The van der Waals surface area contributed by atoms with Crippen molar-refractivity contribution in [2.24, 2.45) is 0 Å². The second kappa shape index (κ2) is 29.4. The van der Waals surface area contributed by atoms with Gasteiger partial charge >= 0.3 is 0 Å². The molecule has 454 valence electrons. The summed E-state index contributed by atoms with van der Waals surface area (Å²) >= 11 is 5.47. The van der Waals surface area contributed by atoms with E-state index in [0.29, 0.717) is 131 Å². The summed E-state index contributed by atoms with van der Waals surface area (Å²) in [7, 11) is 3.46. The number of halogens is 9. The Morgan fingerprint density at radius 1 is 0.576 bits per heavy atom. The molecule has 4 fully saturated rings. The zero-order chi connectivity index (χ0) is 60.7. The summed E-state index contributed by atoms with van der Waals surface area (Å²) in [5, 5.41) is 10.3. The lowest BCUT2D eigenvalue weighted by atomic mass is 10.2. The lowest BCUT2D eigenvalue weighted by Gasteiger charge is -2.37. The number of carbonyl (C=O) groups is 3. The number of nitrogens with one attached hydrogen (secondary N) is 2. The van der Waals surface area contributed by atoms with E-state index in [-0.39, 0.29) is 36.1 Å². The van der Waals surface area contributed by atoms with Crippen LogP contribution in [-0.2, 0) is 14.4 Å². The molecule has 0 radical (unpaired) electrons. The number of alkyl halides is 1. The summed E-state index contributed by atoms with van der Waals surface area (Å²) in [6, 6.07) is 19.5. The Morgan fingerprint density at radius 3 is 1.38 bits per heavy atom. The van der Waals surface area contributed by atoms with Crippen molar-refractivity contribution in [3.8, 4) is 11.6 Å². The van der Waals surface area contributed by atoms with E-state index >= 15 is 0 Å². The van der Waals surface area contributed by atoms with Gasteiger partial charge in [0, 0.05) is 142 Å². The average Bonchev–Trinajstić information content (AvgIpc) is 4.44. The number of anilines is 6. The third kappa shape index (κ3) is 16.5. The van der Waals surface area contributed by atoms with Crippen LogP contribution in [0, 0.1) is 46.5 Å². The number of rotatable bonds is 11. The largest absolute Gasteiger partial charge is 0.461 e. The lowest BCUT2D eigenvalue weighted by molar-refractivity contribution is -0.131. The fourth-order valence-corrected chi connectivity index (χ4v) is 9.95. The Kier molecular flexibility index (Phi) is 21.7. The first-order chi connectivity index (χ1) is 40.9. The summed E-state index contributed by atoms with van der Waals surface area (Å²) in [4.78, 5) is 58.9. The summed E-state index contributed by atoms with van der Waals surface area (Å²) in [5.41, 5.74) is 8.13. The summed E-state index contributed by atoms with van der Waals surface area (Å²) in [6.07, 6.45) is 1.53. The predicted molar refractivity (Wildman–Crippen MR) is 308 cm³/mol. The molecule has 85 heavy (non-hydrogen) atoms. The van der Waals surface area contributed by atoms with Crippen LogP contribution in [-0.4, -0.2) is 190 Å². The second-order valence-electron chi connectivity index (χ2n) is 19.9. The van der Waals surface area contributed by atoms with Crippen molar-refractivity contribution in [1.29, 1.82) is 0 Å². The Labute approximate surface area is 490 Å². The maximum Gasteiger partial charge on any atom is 0.242 e. The van der Waals surface area contributed by atoms with E-state index in [0.717, 1.165) is 50.4 Å². The summed E-state index contributed by atoms with van der Waals surface area (Å²) < 4.78 is 113. The number of amides is 3. The first-order valence-electron chi connectivity index (χ1n) is 27.2. The monoisotopic (exact) mass is 1210 g/mol. The molecular formula is C57H64ClF8N15O4. The highest BCUT2D eigenvalue weighted by Gasteiger charge is 2.27. The molecule has 0 unspecified atom stereocenters. The van der Waals surface area contributed by atoms with Crippen LogP contribution in [0.1, 0.15) is 0 Å². The summed E-state index contributed by atoms with van der Waals surface area (Å²) in [6.45, 7) is 9.61. The molecule has 0 spiro atoms. The number of piperazine rings is 4. The highest BCUT2D eigenvalue weighted by molar-refractivity contribution is 6.27. The molecular weight excluding hydrogens is 1150 g/mol. The van der Waals surface area contributed by atoms with Crippen LogP contribution in [0.25, 0.3) is 17.2 Å². The van der Waals surface area contributed by atoms with E-state index in [1.807, 2.05) is 9.80 Å². The van der Waals surface area contributed by atoms with Gasteiger partial charge in [0.05, 0.1) is 42.1 Å². The maximum atomic E-state index is 14.1. The van der Waals surface area contributed by atoms with Gasteiger partial charge in [-0.1, -0.05) is 0 Å². The molecule has 7 aromatic rings. The van der Waals surface area contributed by atoms with Crippen molar-refractivity contribution in [2.45, 2.75) is 0 Å². The fraction of sp³-hybridized carbons (Fsp3) is 0.368. The highest BCUT2D eigenvalue weighted by atomic mass is 35.5. The van der Waals surface area contributed by atoms with E-state index < -0.39 is 46.5 Å². The molecule has 4 saturated heterocycles. The van der Waals surface area contributed by atoms with Crippen molar-refractivity contribution in [3.63, 3.8) is 0 Å². The first kappa shape index (κ1) is 62.6. The van der Waals surface area contributed by atoms with Gasteiger partial charge in [-0.15, -0.1) is 16.7 Å². The average molecular weight is 1210 g/mol. The third-order valence-electron chi connectivity index (χ3n) is 14.3. The van der Waals surface area contributed by atoms with E-state index in [9.17, 15) is 49.5 Å². The van der Waals surface area contributed by atoms with E-state index in [1.165, 1.54) is 59.3 Å². The summed E-state index contributed by atoms with van der Waals surface area (Å²) in [5.74, 6) is -3.25. The number of hydrogen-bond acceptors (Lipinski definition) is 15. The topological polar surface area (TPSA) is 183 Å². The van der Waals surface area contributed by atoms with Gasteiger partial charge < -0.3 is 60.0 Å². The van der Waals surface area contributed by atoms with Crippen molar-refractivity contribution >= 4 is 69.5 Å². The van der Waals surface area contributed by atoms with E-state index in [2.05, 4.69) is 25.7 Å². The van der Waals surface area contributed by atoms with Gasteiger partial charge in [0.2, 0.25) is 29.5 Å². The molecule has 0 bridgehead atoms. The van der Waals surface area contributed by atoms with Gasteiger partial charge in [-0.05, 0) is 67.7 Å². The van der Waals surface area contributed by atoms with Crippen molar-refractivity contribution in [2.75, 3.05) is 168 Å². The van der Waals surface area contributed by atoms with Crippen LogP contribution in [0.3, 0.4) is 0 Å². The Hall–Kier alpha value is -8.43. The predicted octanol–water partition coefficient (Wildman–Crippen LogP) is 6.09. The number of hydrogen-bond donors (Lipinski definition) is 3. The zero-order valence-electron chi connectivity index (χ0n) is 46.7. The van der Waals surface area contributed by atoms with Gasteiger partial charge in [-0.3, -0.25) is 14.4 Å². The number of fused-ring (bicyclic) bond motifs is 1.